The summed E-state index contributed by atoms with van der Waals surface area (Å²) in [6.07, 6.45) is 1.44. The molecule has 1 amide bonds. The third kappa shape index (κ3) is 7.94. The van der Waals surface area contributed by atoms with Crippen LogP contribution in [0.4, 0.5) is 5.69 Å². The maximum absolute atomic E-state index is 13.9. The van der Waals surface area contributed by atoms with Gasteiger partial charge in [-0.1, -0.05) is 48.0 Å². The van der Waals surface area contributed by atoms with Crippen molar-refractivity contribution in [3.63, 3.8) is 0 Å². The lowest BCUT2D eigenvalue weighted by atomic mass is 10.1. The number of carbonyl (C=O) groups excluding carboxylic acids is 1. The second kappa shape index (κ2) is 14.9. The van der Waals surface area contributed by atoms with Crippen LogP contribution in [0, 0.1) is 0 Å². The van der Waals surface area contributed by atoms with E-state index in [4.69, 9.17) is 30.5 Å². The minimum absolute atomic E-state index is 0.0631. The average molecular weight is 674 g/mol. The van der Waals surface area contributed by atoms with Gasteiger partial charge in [0.15, 0.2) is 11.5 Å². The molecule has 0 heterocycles. The molecule has 5 aromatic carbocycles. The van der Waals surface area contributed by atoms with Gasteiger partial charge in [-0.2, -0.15) is 5.10 Å². The van der Waals surface area contributed by atoms with Crippen LogP contribution in [0.15, 0.2) is 113 Å². The predicted molar refractivity (Wildman–Crippen MR) is 183 cm³/mol. The molecule has 0 unspecified atom stereocenters. The molecule has 0 aromatic heterocycles. The number of hydrogen-bond acceptors (Lipinski definition) is 8. The number of nitrogens with zero attached hydrogens (tertiary/aromatic N) is 2. The van der Waals surface area contributed by atoms with Gasteiger partial charge in [-0.05, 0) is 82.6 Å². The van der Waals surface area contributed by atoms with E-state index >= 15 is 0 Å². The lowest BCUT2D eigenvalue weighted by molar-refractivity contribution is -0.119. The van der Waals surface area contributed by atoms with Gasteiger partial charge in [-0.15, -0.1) is 0 Å². The molecule has 0 aliphatic rings. The smallest absolute Gasteiger partial charge is 0.265 e. The highest BCUT2D eigenvalue weighted by Crippen LogP contribution is 2.37. The van der Waals surface area contributed by atoms with Crippen LogP contribution < -0.4 is 28.7 Å². The molecule has 0 saturated carbocycles. The summed E-state index contributed by atoms with van der Waals surface area (Å²) in [4.78, 5) is 12.9. The highest BCUT2D eigenvalue weighted by atomic mass is 35.5. The fourth-order valence-electron chi connectivity index (χ4n) is 4.75. The molecule has 0 bridgehead atoms. The number of rotatable bonds is 13. The molecule has 12 heteroatoms. The third-order valence-electron chi connectivity index (χ3n) is 7.14. The summed E-state index contributed by atoms with van der Waals surface area (Å²) in [7, 11) is -0.122. The number of anilines is 1. The Morgan fingerprint density at radius 1 is 0.809 bits per heavy atom. The van der Waals surface area contributed by atoms with E-state index in [1.54, 1.807) is 30.3 Å². The second-order valence-electron chi connectivity index (χ2n) is 10.2. The van der Waals surface area contributed by atoms with Crippen LogP contribution in [-0.2, 0) is 21.4 Å². The minimum Gasteiger partial charge on any atom is -0.495 e. The molecule has 0 atom stereocenters. The molecule has 242 valence electrons. The number of nitrogens with one attached hydrogen (secondary N) is 1. The lowest BCUT2D eigenvalue weighted by Gasteiger charge is -2.25. The molecule has 0 aliphatic heterocycles. The van der Waals surface area contributed by atoms with Crippen LogP contribution in [0.1, 0.15) is 11.1 Å². The first kappa shape index (κ1) is 33.1. The Morgan fingerprint density at radius 2 is 1.51 bits per heavy atom. The zero-order valence-corrected chi connectivity index (χ0v) is 27.4. The maximum atomic E-state index is 13.9. The Morgan fingerprint density at radius 3 is 2.23 bits per heavy atom. The topological polar surface area (TPSA) is 116 Å². The Labute approximate surface area is 278 Å². The zero-order chi connectivity index (χ0) is 33.4. The summed E-state index contributed by atoms with van der Waals surface area (Å²) in [5, 5.41) is 6.59. The van der Waals surface area contributed by atoms with Gasteiger partial charge in [-0.25, -0.2) is 13.8 Å². The summed E-state index contributed by atoms with van der Waals surface area (Å²) < 4.78 is 50.7. The molecule has 10 nitrogen and oxygen atoms in total. The molecule has 1 N–H and O–H groups in total. The highest BCUT2D eigenvalue weighted by molar-refractivity contribution is 7.92. The number of sulfonamides is 1. The monoisotopic (exact) mass is 673 g/mol. The molecular weight excluding hydrogens is 642 g/mol. The molecule has 5 aromatic rings. The van der Waals surface area contributed by atoms with Crippen molar-refractivity contribution in [3.8, 4) is 23.0 Å². The van der Waals surface area contributed by atoms with Crippen molar-refractivity contribution in [1.82, 2.24) is 5.43 Å². The molecule has 0 fully saturated rings. The van der Waals surface area contributed by atoms with Gasteiger partial charge in [0.05, 0.1) is 38.1 Å². The Balaban J connectivity index is 1.28. The van der Waals surface area contributed by atoms with Gasteiger partial charge in [0.2, 0.25) is 0 Å². The largest absolute Gasteiger partial charge is 0.495 e. The molecule has 0 spiro atoms. The molecule has 0 radical (unpaired) electrons. The standard InChI is InChI=1S/C35H32ClN3O7S/c1-43-32-16-12-28(36)19-31(32)39(47(41,42)30-15-17-33(44-2)34(20-30)45-3)22-35(40)38-37-21-24-9-13-29(14-10-24)46-23-25-8-11-26-6-4-5-7-27(26)18-25/h4-21H,22-23H2,1-3H3,(H,38,40)/b37-21-. The number of hydrogen-bond donors (Lipinski definition) is 1. The molecule has 0 aliphatic carbocycles. The summed E-state index contributed by atoms with van der Waals surface area (Å²) >= 11 is 6.23. The van der Waals surface area contributed by atoms with Crippen molar-refractivity contribution in [2.75, 3.05) is 32.2 Å². The number of hydrazone groups is 1. The van der Waals surface area contributed by atoms with Crippen LogP contribution in [0.25, 0.3) is 10.8 Å². The van der Waals surface area contributed by atoms with Gasteiger partial charge in [0, 0.05) is 11.1 Å². The SMILES string of the molecule is COc1ccc(S(=O)(=O)N(CC(=O)N/N=C\c2ccc(OCc3ccc4ccccc4c3)cc2)c2cc(Cl)ccc2OC)cc1OC. The zero-order valence-electron chi connectivity index (χ0n) is 25.8. The summed E-state index contributed by atoms with van der Waals surface area (Å²) in [5.74, 6) is 0.701. The summed E-state index contributed by atoms with van der Waals surface area (Å²) in [5.41, 5.74) is 4.20. The van der Waals surface area contributed by atoms with Gasteiger partial charge in [0.1, 0.15) is 24.7 Å². The van der Waals surface area contributed by atoms with Gasteiger partial charge >= 0.3 is 0 Å². The highest BCUT2D eigenvalue weighted by Gasteiger charge is 2.30. The van der Waals surface area contributed by atoms with Gasteiger partial charge in [0.25, 0.3) is 15.9 Å². The van der Waals surface area contributed by atoms with E-state index in [2.05, 4.69) is 34.8 Å². The Bertz CT molecular complexity index is 2020. The van der Waals surface area contributed by atoms with E-state index in [0.717, 1.165) is 15.3 Å². The van der Waals surface area contributed by atoms with Crippen LogP contribution in [0.2, 0.25) is 5.02 Å². The number of methoxy groups -OCH3 is 3. The first-order chi connectivity index (χ1) is 22.7. The van der Waals surface area contributed by atoms with Crippen LogP contribution in [0.3, 0.4) is 0 Å². The number of carbonyl (C=O) groups is 1. The molecular formula is C35H32ClN3O7S. The van der Waals surface area contributed by atoms with Crippen molar-refractivity contribution < 1.29 is 32.2 Å². The van der Waals surface area contributed by atoms with E-state index in [0.29, 0.717) is 23.7 Å². The van der Waals surface area contributed by atoms with Crippen molar-refractivity contribution in [1.29, 1.82) is 0 Å². The third-order valence-corrected chi connectivity index (χ3v) is 9.13. The van der Waals surface area contributed by atoms with Gasteiger partial charge in [-0.3, -0.25) is 9.10 Å². The number of halogens is 1. The number of amides is 1. The molecule has 0 saturated heterocycles. The quantitative estimate of drug-likeness (QED) is 0.113. The molecule has 5 rings (SSSR count). The van der Waals surface area contributed by atoms with E-state index < -0.39 is 22.5 Å². The number of ether oxygens (including phenoxy) is 4. The predicted octanol–water partition coefficient (Wildman–Crippen LogP) is 6.44. The van der Waals surface area contributed by atoms with Crippen molar-refractivity contribution in [2.24, 2.45) is 5.10 Å². The average Bonchev–Trinajstić information content (AvgIpc) is 3.09. The van der Waals surface area contributed by atoms with E-state index in [9.17, 15) is 13.2 Å². The summed E-state index contributed by atoms with van der Waals surface area (Å²) in [6.45, 7) is -0.222. The number of benzene rings is 5. The van der Waals surface area contributed by atoms with Crippen molar-refractivity contribution >= 4 is 50.2 Å². The first-order valence-electron chi connectivity index (χ1n) is 14.3. The minimum atomic E-state index is -4.34. The Hall–Kier alpha value is -5.26. The normalized spacial score (nSPS) is 11.3. The second-order valence-corrected chi connectivity index (χ2v) is 12.5. The van der Waals surface area contributed by atoms with Crippen LogP contribution >= 0.6 is 11.6 Å². The lowest BCUT2D eigenvalue weighted by Crippen LogP contribution is -2.39. The first-order valence-corrected chi connectivity index (χ1v) is 16.1. The molecule has 47 heavy (non-hydrogen) atoms. The van der Waals surface area contributed by atoms with Crippen LogP contribution in [-0.4, -0.2) is 48.4 Å². The fourth-order valence-corrected chi connectivity index (χ4v) is 6.36. The Kier molecular flexibility index (Phi) is 10.5. The van der Waals surface area contributed by atoms with Crippen LogP contribution in [0.5, 0.6) is 23.0 Å². The van der Waals surface area contributed by atoms with Crippen molar-refractivity contribution in [2.45, 2.75) is 11.5 Å². The van der Waals surface area contributed by atoms with Gasteiger partial charge < -0.3 is 18.9 Å². The van der Waals surface area contributed by atoms with Crippen molar-refractivity contribution in [3.05, 3.63) is 119 Å². The fraction of sp³-hybridized carbons (Fsp3) is 0.143. The van der Waals surface area contributed by atoms with E-state index in [1.807, 2.05) is 18.2 Å². The van der Waals surface area contributed by atoms with E-state index in [1.165, 1.54) is 63.3 Å². The van der Waals surface area contributed by atoms with E-state index in [-0.39, 0.29) is 27.1 Å². The summed E-state index contributed by atoms with van der Waals surface area (Å²) in [6, 6.07) is 30.1. The number of fused-ring (bicyclic) bond motifs is 1. The maximum Gasteiger partial charge on any atom is 0.265 e.